The highest BCUT2D eigenvalue weighted by Crippen LogP contribution is 2.41. The van der Waals surface area contributed by atoms with Crippen LogP contribution < -0.4 is 10.1 Å². The molecule has 164 valence electrons. The molecule has 31 heavy (non-hydrogen) atoms. The number of carbonyl (C=O) groups excluding carboxylic acids is 1. The van der Waals surface area contributed by atoms with Gasteiger partial charge in [0, 0.05) is 29.4 Å². The van der Waals surface area contributed by atoms with Crippen molar-refractivity contribution in [2.45, 2.75) is 19.1 Å². The molecule has 0 saturated carbocycles. The van der Waals surface area contributed by atoms with Crippen LogP contribution >= 0.6 is 11.6 Å². The van der Waals surface area contributed by atoms with Crippen molar-refractivity contribution in [1.29, 1.82) is 0 Å². The zero-order valence-electron chi connectivity index (χ0n) is 16.5. The average Bonchev–Trinajstić information content (AvgIpc) is 2.73. The van der Waals surface area contributed by atoms with Crippen molar-refractivity contribution in [3.05, 3.63) is 65.1 Å². The standard InChI is InChI=1S/C21H18ClF4N3O2/c1-3-29(20(30)28-12-8-9-17(23)16(22)10-12)18(21(24,25)26)15-11-27-19(31-2)14-7-5-4-6-13(14)15/h4-11,18H,3H2,1-2H3,(H,28,30). The molecule has 5 nitrogen and oxygen atoms in total. The van der Waals surface area contributed by atoms with E-state index in [1.807, 2.05) is 0 Å². The summed E-state index contributed by atoms with van der Waals surface area (Å²) in [6.07, 6.45) is -3.74. The summed E-state index contributed by atoms with van der Waals surface area (Å²) in [5.74, 6) is -0.537. The van der Waals surface area contributed by atoms with Gasteiger partial charge in [-0.15, -0.1) is 0 Å². The van der Waals surface area contributed by atoms with Crippen LogP contribution in [0.25, 0.3) is 10.8 Å². The maximum atomic E-state index is 14.2. The number of aromatic nitrogens is 1. The van der Waals surface area contributed by atoms with E-state index in [9.17, 15) is 22.4 Å². The summed E-state index contributed by atoms with van der Waals surface area (Å²) in [5.41, 5.74) is -0.133. The van der Waals surface area contributed by atoms with Gasteiger partial charge in [-0.25, -0.2) is 14.2 Å². The molecule has 0 saturated heterocycles. The van der Waals surface area contributed by atoms with Crippen molar-refractivity contribution in [2.75, 3.05) is 19.0 Å². The highest BCUT2D eigenvalue weighted by Gasteiger charge is 2.47. The second kappa shape index (κ2) is 8.97. The largest absolute Gasteiger partial charge is 0.481 e. The first kappa shape index (κ1) is 22.6. The third-order valence-corrected chi connectivity index (χ3v) is 4.96. The zero-order valence-corrected chi connectivity index (χ0v) is 17.3. The molecule has 0 aliphatic carbocycles. The van der Waals surface area contributed by atoms with Gasteiger partial charge in [-0.05, 0) is 36.6 Å². The van der Waals surface area contributed by atoms with Gasteiger partial charge in [0.2, 0.25) is 5.88 Å². The maximum absolute atomic E-state index is 14.2. The molecule has 10 heteroatoms. The van der Waals surface area contributed by atoms with Gasteiger partial charge in [-0.2, -0.15) is 13.2 Å². The Morgan fingerprint density at radius 1 is 1.23 bits per heavy atom. The fourth-order valence-corrected chi connectivity index (χ4v) is 3.48. The van der Waals surface area contributed by atoms with Crippen LogP contribution in [0.2, 0.25) is 5.02 Å². The second-order valence-electron chi connectivity index (χ2n) is 6.56. The number of hydrogen-bond donors (Lipinski definition) is 1. The van der Waals surface area contributed by atoms with E-state index in [-0.39, 0.29) is 34.1 Å². The zero-order chi connectivity index (χ0) is 22.8. The van der Waals surface area contributed by atoms with E-state index >= 15 is 0 Å². The fourth-order valence-electron chi connectivity index (χ4n) is 3.30. The highest BCUT2D eigenvalue weighted by atomic mass is 35.5. The number of alkyl halides is 3. The van der Waals surface area contributed by atoms with E-state index in [2.05, 4.69) is 10.3 Å². The van der Waals surface area contributed by atoms with E-state index in [0.29, 0.717) is 10.3 Å². The number of nitrogens with zero attached hydrogens (tertiary/aromatic N) is 2. The predicted molar refractivity (Wildman–Crippen MR) is 110 cm³/mol. The van der Waals surface area contributed by atoms with Crippen molar-refractivity contribution in [3.8, 4) is 5.88 Å². The van der Waals surface area contributed by atoms with Crippen LogP contribution in [0, 0.1) is 5.82 Å². The number of anilines is 1. The lowest BCUT2D eigenvalue weighted by Crippen LogP contribution is -2.44. The maximum Gasteiger partial charge on any atom is 0.413 e. The Bertz CT molecular complexity index is 1110. The number of amides is 2. The number of nitrogens with one attached hydrogen (secondary N) is 1. The lowest BCUT2D eigenvalue weighted by atomic mass is 9.99. The molecule has 0 radical (unpaired) electrons. The summed E-state index contributed by atoms with van der Waals surface area (Å²) < 4.78 is 61.2. The molecular formula is C21H18ClF4N3O2. The van der Waals surface area contributed by atoms with Crippen LogP contribution in [-0.4, -0.2) is 35.7 Å². The minimum absolute atomic E-state index is 0.0634. The van der Waals surface area contributed by atoms with Gasteiger partial charge >= 0.3 is 12.2 Å². The molecule has 2 aromatic carbocycles. The first-order valence-electron chi connectivity index (χ1n) is 9.18. The molecule has 0 spiro atoms. The number of urea groups is 1. The molecule has 0 fully saturated rings. The number of rotatable bonds is 5. The van der Waals surface area contributed by atoms with Crippen LogP contribution in [0.1, 0.15) is 18.5 Å². The van der Waals surface area contributed by atoms with E-state index in [0.717, 1.165) is 18.3 Å². The van der Waals surface area contributed by atoms with Crippen molar-refractivity contribution < 1.29 is 27.1 Å². The van der Waals surface area contributed by atoms with Crippen molar-refractivity contribution in [3.63, 3.8) is 0 Å². The number of ether oxygens (including phenoxy) is 1. The number of hydrogen-bond acceptors (Lipinski definition) is 3. The van der Waals surface area contributed by atoms with Crippen LogP contribution in [0.5, 0.6) is 5.88 Å². The third-order valence-electron chi connectivity index (χ3n) is 4.67. The van der Waals surface area contributed by atoms with Gasteiger partial charge in [-0.3, -0.25) is 0 Å². The number of fused-ring (bicyclic) bond motifs is 1. The lowest BCUT2D eigenvalue weighted by Gasteiger charge is -2.33. The molecule has 1 heterocycles. The van der Waals surface area contributed by atoms with E-state index in [4.69, 9.17) is 16.3 Å². The monoisotopic (exact) mass is 455 g/mol. The van der Waals surface area contributed by atoms with Gasteiger partial charge in [0.25, 0.3) is 0 Å². The molecular weight excluding hydrogens is 438 g/mol. The first-order valence-corrected chi connectivity index (χ1v) is 9.56. The Hall–Kier alpha value is -3.07. The lowest BCUT2D eigenvalue weighted by molar-refractivity contribution is -0.177. The van der Waals surface area contributed by atoms with Gasteiger partial charge < -0.3 is 15.0 Å². The van der Waals surface area contributed by atoms with E-state index in [1.54, 1.807) is 18.2 Å². The van der Waals surface area contributed by atoms with Gasteiger partial charge in [-0.1, -0.05) is 29.8 Å². The van der Waals surface area contributed by atoms with Crippen molar-refractivity contribution >= 4 is 34.1 Å². The number of methoxy groups -OCH3 is 1. The SMILES string of the molecule is CCN(C(=O)Nc1ccc(F)c(Cl)c1)C(c1cnc(OC)c2ccccc12)C(F)(F)F. The number of halogens is 5. The van der Waals surface area contributed by atoms with E-state index < -0.39 is 24.1 Å². The molecule has 1 aromatic heterocycles. The third kappa shape index (κ3) is 4.66. The average molecular weight is 456 g/mol. The summed E-state index contributed by atoms with van der Waals surface area (Å²) in [6.45, 7) is 1.17. The van der Waals surface area contributed by atoms with Crippen LogP contribution in [0.15, 0.2) is 48.7 Å². The Labute approximate surface area is 180 Å². The quantitative estimate of drug-likeness (QED) is 0.466. The number of pyridine rings is 1. The highest BCUT2D eigenvalue weighted by molar-refractivity contribution is 6.31. The van der Waals surface area contributed by atoms with E-state index in [1.165, 1.54) is 26.2 Å². The topological polar surface area (TPSA) is 54.5 Å². The fraction of sp³-hybridized carbons (Fsp3) is 0.238. The summed E-state index contributed by atoms with van der Waals surface area (Å²) in [6, 6.07) is 6.39. The smallest absolute Gasteiger partial charge is 0.413 e. The van der Waals surface area contributed by atoms with Crippen LogP contribution in [0.3, 0.4) is 0 Å². The molecule has 1 unspecified atom stereocenters. The molecule has 3 aromatic rings. The van der Waals surface area contributed by atoms with Crippen molar-refractivity contribution in [2.24, 2.45) is 0 Å². The molecule has 0 aliphatic heterocycles. The minimum Gasteiger partial charge on any atom is -0.481 e. The summed E-state index contributed by atoms with van der Waals surface area (Å²) in [5, 5.41) is 2.72. The van der Waals surface area contributed by atoms with Crippen molar-refractivity contribution in [1.82, 2.24) is 9.88 Å². The first-order chi connectivity index (χ1) is 14.7. The second-order valence-corrected chi connectivity index (χ2v) is 6.96. The Kier molecular flexibility index (Phi) is 6.54. The summed E-state index contributed by atoms with van der Waals surface area (Å²) >= 11 is 5.70. The Balaban J connectivity index is 2.06. The molecule has 1 N–H and O–H groups in total. The molecule has 0 aliphatic rings. The van der Waals surface area contributed by atoms with Gasteiger partial charge in [0.05, 0.1) is 12.1 Å². The normalized spacial score (nSPS) is 12.5. The minimum atomic E-state index is -4.80. The van der Waals surface area contributed by atoms with Gasteiger partial charge in [0.1, 0.15) is 5.82 Å². The van der Waals surface area contributed by atoms with Crippen LogP contribution in [0.4, 0.5) is 28.0 Å². The Morgan fingerprint density at radius 3 is 2.48 bits per heavy atom. The molecule has 1 atom stereocenters. The Morgan fingerprint density at radius 2 is 1.90 bits per heavy atom. The molecule has 0 bridgehead atoms. The van der Waals surface area contributed by atoms with Crippen LogP contribution in [-0.2, 0) is 0 Å². The summed E-state index contributed by atoms with van der Waals surface area (Å²) in [4.78, 5) is 17.4. The molecule has 2 amide bonds. The number of benzene rings is 2. The van der Waals surface area contributed by atoms with Gasteiger partial charge in [0.15, 0.2) is 6.04 Å². The number of carbonyl (C=O) groups is 1. The molecule has 3 rings (SSSR count). The summed E-state index contributed by atoms with van der Waals surface area (Å²) in [7, 11) is 1.37. The predicted octanol–water partition coefficient (Wildman–Crippen LogP) is 6.19.